The number of nitrogens with one attached hydrogen (secondary N) is 2. The van der Waals surface area contributed by atoms with Gasteiger partial charge in [-0.3, -0.25) is 4.79 Å². The van der Waals surface area contributed by atoms with E-state index in [1.807, 2.05) is 39.0 Å². The molecule has 1 aromatic rings. The maximum absolute atomic E-state index is 11.7. The zero-order valence-corrected chi connectivity index (χ0v) is 14.1. The summed E-state index contributed by atoms with van der Waals surface area (Å²) >= 11 is 3.47. The quantitative estimate of drug-likeness (QED) is 0.835. The van der Waals surface area contributed by atoms with E-state index in [0.717, 1.165) is 17.6 Å². The highest BCUT2D eigenvalue weighted by Crippen LogP contribution is 2.26. The summed E-state index contributed by atoms with van der Waals surface area (Å²) in [5.41, 5.74) is 0.929. The van der Waals surface area contributed by atoms with E-state index in [1.54, 1.807) is 0 Å². The summed E-state index contributed by atoms with van der Waals surface area (Å²) in [6.07, 6.45) is 0. The Labute approximate surface area is 129 Å². The van der Waals surface area contributed by atoms with Gasteiger partial charge in [0.1, 0.15) is 5.75 Å². The molecule has 0 fully saturated rings. The van der Waals surface area contributed by atoms with Crippen LogP contribution in [0.5, 0.6) is 5.75 Å². The van der Waals surface area contributed by atoms with Gasteiger partial charge < -0.3 is 15.4 Å². The molecule has 0 radical (unpaired) electrons. The molecule has 112 valence electrons. The molecule has 0 saturated heterocycles. The smallest absolute Gasteiger partial charge is 0.258 e. The molecule has 0 heterocycles. The molecular weight excluding hydrogens is 320 g/mol. The first-order chi connectivity index (χ1) is 9.31. The maximum atomic E-state index is 11.7. The Balaban J connectivity index is 2.54. The molecule has 1 rings (SSSR count). The zero-order valence-electron chi connectivity index (χ0n) is 12.5. The third-order valence-corrected chi connectivity index (χ3v) is 3.07. The van der Waals surface area contributed by atoms with Crippen LogP contribution in [0.3, 0.4) is 0 Å². The molecule has 1 amide bonds. The monoisotopic (exact) mass is 342 g/mol. The van der Waals surface area contributed by atoms with Gasteiger partial charge in [-0.1, -0.05) is 13.0 Å². The third kappa shape index (κ3) is 6.39. The van der Waals surface area contributed by atoms with Gasteiger partial charge in [-0.25, -0.2) is 0 Å². The molecule has 0 aliphatic carbocycles. The van der Waals surface area contributed by atoms with Crippen LogP contribution in [0.1, 0.15) is 33.3 Å². The van der Waals surface area contributed by atoms with Crippen LogP contribution in [0.2, 0.25) is 0 Å². The van der Waals surface area contributed by atoms with Crippen LogP contribution in [0, 0.1) is 0 Å². The van der Waals surface area contributed by atoms with E-state index >= 15 is 0 Å². The minimum atomic E-state index is -0.243. The summed E-state index contributed by atoms with van der Waals surface area (Å²) in [6.45, 7) is 9.66. The lowest BCUT2D eigenvalue weighted by Gasteiger charge is -2.20. The molecule has 0 aromatic heterocycles. The largest absolute Gasteiger partial charge is 0.483 e. The van der Waals surface area contributed by atoms with Crippen LogP contribution in [0.4, 0.5) is 0 Å². The Morgan fingerprint density at radius 1 is 1.35 bits per heavy atom. The van der Waals surface area contributed by atoms with E-state index in [2.05, 4.69) is 33.5 Å². The number of carbonyl (C=O) groups is 1. The Bertz CT molecular complexity index is 456. The van der Waals surface area contributed by atoms with Gasteiger partial charge in [0.2, 0.25) is 0 Å². The highest BCUT2D eigenvalue weighted by molar-refractivity contribution is 9.10. The van der Waals surface area contributed by atoms with Crippen molar-refractivity contribution in [1.29, 1.82) is 0 Å². The van der Waals surface area contributed by atoms with Crippen molar-refractivity contribution in [3.8, 4) is 5.75 Å². The summed E-state index contributed by atoms with van der Waals surface area (Å²) in [7, 11) is 0. The second-order valence-corrected chi connectivity index (χ2v) is 6.49. The zero-order chi connectivity index (χ0) is 15.2. The van der Waals surface area contributed by atoms with Crippen LogP contribution in [0.15, 0.2) is 22.7 Å². The standard InChI is InChI=1S/C15H23BrN2O2/c1-5-17-9-11-6-7-13(12(16)8-11)20-10-14(19)18-15(2,3)4/h6-8,17H,5,9-10H2,1-4H3,(H,18,19). The van der Waals surface area contributed by atoms with E-state index < -0.39 is 0 Å². The number of rotatable bonds is 6. The normalized spacial score (nSPS) is 11.2. The lowest BCUT2D eigenvalue weighted by molar-refractivity contribution is -0.124. The predicted octanol–water partition coefficient (Wildman–Crippen LogP) is 2.85. The second kappa shape index (κ2) is 7.64. The molecule has 2 N–H and O–H groups in total. The first-order valence-corrected chi connectivity index (χ1v) is 7.54. The Morgan fingerprint density at radius 2 is 2.05 bits per heavy atom. The maximum Gasteiger partial charge on any atom is 0.258 e. The number of carbonyl (C=O) groups excluding carboxylic acids is 1. The highest BCUT2D eigenvalue weighted by Gasteiger charge is 2.14. The molecule has 20 heavy (non-hydrogen) atoms. The van der Waals surface area contributed by atoms with Gasteiger partial charge in [0.25, 0.3) is 5.91 Å². The van der Waals surface area contributed by atoms with E-state index in [0.29, 0.717) is 5.75 Å². The van der Waals surface area contributed by atoms with Crippen molar-refractivity contribution in [2.24, 2.45) is 0 Å². The summed E-state index contributed by atoms with van der Waals surface area (Å²) in [5, 5.41) is 6.12. The molecular formula is C15H23BrN2O2. The molecule has 0 spiro atoms. The number of halogens is 1. The lowest BCUT2D eigenvalue weighted by atomic mass is 10.1. The Morgan fingerprint density at radius 3 is 2.60 bits per heavy atom. The van der Waals surface area contributed by atoms with E-state index in [-0.39, 0.29) is 18.1 Å². The average Bonchev–Trinajstić information content (AvgIpc) is 2.33. The fourth-order valence-electron chi connectivity index (χ4n) is 1.64. The number of amides is 1. The third-order valence-electron chi connectivity index (χ3n) is 2.45. The Hall–Kier alpha value is -1.07. The summed E-state index contributed by atoms with van der Waals surface area (Å²) < 4.78 is 6.38. The van der Waals surface area contributed by atoms with Gasteiger partial charge in [-0.05, 0) is 60.9 Å². The second-order valence-electron chi connectivity index (χ2n) is 5.63. The highest BCUT2D eigenvalue weighted by atomic mass is 79.9. The summed E-state index contributed by atoms with van der Waals surface area (Å²) in [6, 6.07) is 5.87. The summed E-state index contributed by atoms with van der Waals surface area (Å²) in [4.78, 5) is 11.7. The van der Waals surface area contributed by atoms with Gasteiger partial charge in [0, 0.05) is 12.1 Å². The Kier molecular flexibility index (Phi) is 6.49. The fourth-order valence-corrected chi connectivity index (χ4v) is 2.18. The minimum absolute atomic E-state index is 0.0163. The van der Waals surface area contributed by atoms with Crippen LogP contribution in [-0.4, -0.2) is 24.6 Å². The fraction of sp³-hybridized carbons (Fsp3) is 0.533. The van der Waals surface area contributed by atoms with Crippen LogP contribution in [-0.2, 0) is 11.3 Å². The lowest BCUT2D eigenvalue weighted by Crippen LogP contribution is -2.43. The first kappa shape index (κ1) is 17.0. The van der Waals surface area contributed by atoms with Crippen LogP contribution < -0.4 is 15.4 Å². The van der Waals surface area contributed by atoms with Crippen LogP contribution >= 0.6 is 15.9 Å². The number of hydrogen-bond acceptors (Lipinski definition) is 3. The topological polar surface area (TPSA) is 50.4 Å². The van der Waals surface area contributed by atoms with Gasteiger partial charge in [-0.2, -0.15) is 0 Å². The first-order valence-electron chi connectivity index (χ1n) is 6.75. The van der Waals surface area contributed by atoms with E-state index in [9.17, 15) is 4.79 Å². The number of benzene rings is 1. The number of hydrogen-bond donors (Lipinski definition) is 2. The van der Waals surface area contributed by atoms with Crippen molar-refractivity contribution < 1.29 is 9.53 Å². The molecule has 0 aliphatic heterocycles. The van der Waals surface area contributed by atoms with Gasteiger partial charge in [-0.15, -0.1) is 0 Å². The van der Waals surface area contributed by atoms with Gasteiger partial charge >= 0.3 is 0 Å². The molecule has 0 aliphatic rings. The molecule has 0 saturated carbocycles. The average molecular weight is 343 g/mol. The molecule has 0 unspecified atom stereocenters. The van der Waals surface area contributed by atoms with Crippen molar-refractivity contribution in [3.63, 3.8) is 0 Å². The predicted molar refractivity (Wildman–Crippen MR) is 84.9 cm³/mol. The summed E-state index contributed by atoms with van der Waals surface area (Å²) in [5.74, 6) is 0.551. The molecule has 4 nitrogen and oxygen atoms in total. The van der Waals surface area contributed by atoms with E-state index in [1.165, 1.54) is 5.56 Å². The molecule has 1 aromatic carbocycles. The van der Waals surface area contributed by atoms with Crippen molar-refractivity contribution >= 4 is 21.8 Å². The van der Waals surface area contributed by atoms with Gasteiger partial charge in [0.05, 0.1) is 4.47 Å². The van der Waals surface area contributed by atoms with Gasteiger partial charge in [0.15, 0.2) is 6.61 Å². The van der Waals surface area contributed by atoms with Crippen molar-refractivity contribution in [2.45, 2.75) is 39.8 Å². The van der Waals surface area contributed by atoms with Crippen molar-refractivity contribution in [2.75, 3.05) is 13.2 Å². The SMILES string of the molecule is CCNCc1ccc(OCC(=O)NC(C)(C)C)c(Br)c1. The van der Waals surface area contributed by atoms with Crippen LogP contribution in [0.25, 0.3) is 0 Å². The minimum Gasteiger partial charge on any atom is -0.483 e. The van der Waals surface area contributed by atoms with E-state index in [4.69, 9.17) is 4.74 Å². The van der Waals surface area contributed by atoms with Crippen molar-refractivity contribution in [1.82, 2.24) is 10.6 Å². The number of ether oxygens (including phenoxy) is 1. The van der Waals surface area contributed by atoms with Crippen molar-refractivity contribution in [3.05, 3.63) is 28.2 Å². The molecule has 0 bridgehead atoms. The molecule has 0 atom stereocenters. The molecule has 5 heteroatoms.